The van der Waals surface area contributed by atoms with Crippen LogP contribution < -0.4 is 10.4 Å². The highest BCUT2D eigenvalue weighted by Gasteiger charge is 1.98. The number of aryl methyl sites for hydroxylation is 1. The molecule has 2 rings (SSSR count). The zero-order chi connectivity index (χ0) is 7.84. The van der Waals surface area contributed by atoms with Crippen molar-refractivity contribution in [3.63, 3.8) is 0 Å². The van der Waals surface area contributed by atoms with Crippen LogP contribution in [0.2, 0.25) is 0 Å². The van der Waals surface area contributed by atoms with Gasteiger partial charge in [-0.3, -0.25) is 0 Å². The Bertz CT molecular complexity index is 397. The lowest BCUT2D eigenvalue weighted by Crippen LogP contribution is -2.22. The monoisotopic (exact) mass is 144 g/mol. The summed E-state index contributed by atoms with van der Waals surface area (Å²) in [5.74, 6) is 0. The second-order valence-corrected chi connectivity index (χ2v) is 3.28. The SMILES string of the molecule is CC1=c2ccc(C)cc2=CC1. The van der Waals surface area contributed by atoms with Crippen LogP contribution in [0.3, 0.4) is 0 Å². The maximum absolute atomic E-state index is 2.30. The summed E-state index contributed by atoms with van der Waals surface area (Å²) < 4.78 is 0. The number of fused-ring (bicyclic) bond motifs is 1. The molecular formula is C11H12. The lowest BCUT2D eigenvalue weighted by atomic mass is 10.1. The molecule has 1 aliphatic carbocycles. The first-order chi connectivity index (χ1) is 5.27. The topological polar surface area (TPSA) is 0 Å². The van der Waals surface area contributed by atoms with Gasteiger partial charge >= 0.3 is 0 Å². The molecule has 0 aliphatic heterocycles. The number of hydrogen-bond acceptors (Lipinski definition) is 0. The molecule has 1 aromatic carbocycles. The Hall–Kier alpha value is -1.04. The van der Waals surface area contributed by atoms with E-state index in [0.29, 0.717) is 0 Å². The van der Waals surface area contributed by atoms with Crippen LogP contribution in [0.1, 0.15) is 18.9 Å². The average Bonchev–Trinajstić information content (AvgIpc) is 2.32. The molecule has 0 spiro atoms. The third-order valence-corrected chi connectivity index (χ3v) is 2.30. The van der Waals surface area contributed by atoms with Gasteiger partial charge in [0.15, 0.2) is 0 Å². The van der Waals surface area contributed by atoms with Crippen LogP contribution in [0.25, 0.3) is 11.6 Å². The maximum atomic E-state index is 2.30. The van der Waals surface area contributed by atoms with Crippen LogP contribution >= 0.6 is 0 Å². The molecule has 0 atom stereocenters. The third kappa shape index (κ3) is 0.988. The van der Waals surface area contributed by atoms with Gasteiger partial charge in [-0.1, -0.05) is 35.4 Å². The maximum Gasteiger partial charge on any atom is -0.0123 e. The summed E-state index contributed by atoms with van der Waals surface area (Å²) in [6.45, 7) is 4.35. The Morgan fingerprint density at radius 3 is 2.82 bits per heavy atom. The minimum atomic E-state index is 1.14. The van der Waals surface area contributed by atoms with Crippen molar-refractivity contribution >= 4 is 11.6 Å². The number of benzene rings is 1. The summed E-state index contributed by atoms with van der Waals surface area (Å²) in [5, 5.41) is 2.86. The Kier molecular flexibility index (Phi) is 1.35. The standard InChI is InChI=1S/C11H12/c1-8-3-6-11-9(2)4-5-10(11)7-8/h3,5-7H,4H2,1-2H3. The molecule has 0 nitrogen and oxygen atoms in total. The summed E-state index contributed by atoms with van der Waals surface area (Å²) >= 11 is 0. The minimum Gasteiger partial charge on any atom is -0.0726 e. The van der Waals surface area contributed by atoms with Crippen LogP contribution in [0.5, 0.6) is 0 Å². The van der Waals surface area contributed by atoms with E-state index in [4.69, 9.17) is 0 Å². The molecule has 0 unspecified atom stereocenters. The fourth-order valence-electron chi connectivity index (χ4n) is 1.61. The normalized spacial score (nSPS) is 14.5. The van der Waals surface area contributed by atoms with Gasteiger partial charge in [-0.2, -0.15) is 0 Å². The highest BCUT2D eigenvalue weighted by Crippen LogP contribution is 2.03. The van der Waals surface area contributed by atoms with Crippen LogP contribution in [0.4, 0.5) is 0 Å². The van der Waals surface area contributed by atoms with Gasteiger partial charge in [0.2, 0.25) is 0 Å². The summed E-state index contributed by atoms with van der Waals surface area (Å²) in [7, 11) is 0. The van der Waals surface area contributed by atoms with Crippen molar-refractivity contribution in [2.24, 2.45) is 0 Å². The Morgan fingerprint density at radius 2 is 2.00 bits per heavy atom. The van der Waals surface area contributed by atoms with Gasteiger partial charge in [-0.15, -0.1) is 0 Å². The van der Waals surface area contributed by atoms with Gasteiger partial charge in [0.25, 0.3) is 0 Å². The van der Waals surface area contributed by atoms with Crippen molar-refractivity contribution in [2.45, 2.75) is 20.3 Å². The van der Waals surface area contributed by atoms with Gasteiger partial charge in [0, 0.05) is 0 Å². The van der Waals surface area contributed by atoms with Crippen molar-refractivity contribution in [3.05, 3.63) is 34.2 Å². The van der Waals surface area contributed by atoms with Crippen LogP contribution in [-0.2, 0) is 0 Å². The fraction of sp³-hybridized carbons (Fsp3) is 0.273. The molecule has 0 radical (unpaired) electrons. The van der Waals surface area contributed by atoms with E-state index in [2.05, 4.69) is 38.1 Å². The van der Waals surface area contributed by atoms with E-state index < -0.39 is 0 Å². The van der Waals surface area contributed by atoms with Gasteiger partial charge in [0.05, 0.1) is 0 Å². The molecule has 11 heavy (non-hydrogen) atoms. The molecule has 1 aromatic rings. The molecule has 0 N–H and O–H groups in total. The van der Waals surface area contributed by atoms with Crippen molar-refractivity contribution in [1.29, 1.82) is 0 Å². The number of rotatable bonds is 0. The Morgan fingerprint density at radius 1 is 1.18 bits per heavy atom. The second kappa shape index (κ2) is 2.23. The molecule has 0 saturated carbocycles. The highest BCUT2D eigenvalue weighted by molar-refractivity contribution is 5.57. The fourth-order valence-corrected chi connectivity index (χ4v) is 1.61. The van der Waals surface area contributed by atoms with Crippen molar-refractivity contribution < 1.29 is 0 Å². The van der Waals surface area contributed by atoms with Gasteiger partial charge in [0.1, 0.15) is 0 Å². The summed E-state index contributed by atoms with van der Waals surface area (Å²) in [4.78, 5) is 0. The van der Waals surface area contributed by atoms with Crippen LogP contribution in [-0.4, -0.2) is 0 Å². The molecule has 0 aromatic heterocycles. The summed E-state index contributed by atoms with van der Waals surface area (Å²) in [5.41, 5.74) is 2.86. The molecule has 0 heterocycles. The largest absolute Gasteiger partial charge is 0.0726 e. The van der Waals surface area contributed by atoms with Crippen molar-refractivity contribution in [1.82, 2.24) is 0 Å². The highest BCUT2D eigenvalue weighted by atomic mass is 14.0. The van der Waals surface area contributed by atoms with Crippen LogP contribution in [0.15, 0.2) is 18.2 Å². The van der Waals surface area contributed by atoms with Crippen LogP contribution in [0, 0.1) is 6.92 Å². The smallest absolute Gasteiger partial charge is 0.0123 e. The first kappa shape index (κ1) is 6.66. The van der Waals surface area contributed by atoms with E-state index in [1.807, 2.05) is 0 Å². The average molecular weight is 144 g/mol. The van der Waals surface area contributed by atoms with Crippen molar-refractivity contribution in [2.75, 3.05) is 0 Å². The molecule has 56 valence electrons. The number of hydrogen-bond donors (Lipinski definition) is 0. The Labute approximate surface area is 66.9 Å². The minimum absolute atomic E-state index is 1.14. The summed E-state index contributed by atoms with van der Waals surface area (Å²) in [6, 6.07) is 6.66. The second-order valence-electron chi connectivity index (χ2n) is 3.28. The van der Waals surface area contributed by atoms with Gasteiger partial charge in [-0.05, 0) is 30.7 Å². The quantitative estimate of drug-likeness (QED) is 0.515. The summed E-state index contributed by atoms with van der Waals surface area (Å²) in [6.07, 6.45) is 3.44. The predicted molar refractivity (Wildman–Crippen MR) is 48.6 cm³/mol. The zero-order valence-electron chi connectivity index (χ0n) is 7.02. The molecular weight excluding hydrogens is 132 g/mol. The predicted octanol–water partition coefficient (Wildman–Crippen LogP) is 1.35. The zero-order valence-corrected chi connectivity index (χ0v) is 7.02. The third-order valence-electron chi connectivity index (χ3n) is 2.30. The van der Waals surface area contributed by atoms with E-state index >= 15 is 0 Å². The van der Waals surface area contributed by atoms with Gasteiger partial charge < -0.3 is 0 Å². The molecule has 0 bridgehead atoms. The van der Waals surface area contributed by atoms with E-state index in [0.717, 1.165) is 6.42 Å². The Balaban J connectivity index is 2.89. The first-order valence-electron chi connectivity index (χ1n) is 4.04. The molecule has 1 aliphatic rings. The molecule has 0 amide bonds. The molecule has 0 heteroatoms. The van der Waals surface area contributed by atoms with E-state index in [1.54, 1.807) is 0 Å². The van der Waals surface area contributed by atoms with Gasteiger partial charge in [-0.25, -0.2) is 0 Å². The lowest BCUT2D eigenvalue weighted by Gasteiger charge is -1.90. The van der Waals surface area contributed by atoms with E-state index in [1.165, 1.54) is 21.6 Å². The lowest BCUT2D eigenvalue weighted by molar-refractivity contribution is 1.40. The van der Waals surface area contributed by atoms with E-state index in [9.17, 15) is 0 Å². The van der Waals surface area contributed by atoms with E-state index in [-0.39, 0.29) is 0 Å². The molecule has 0 fully saturated rings. The molecule has 0 saturated heterocycles. The first-order valence-corrected chi connectivity index (χ1v) is 4.04. The van der Waals surface area contributed by atoms with Crippen molar-refractivity contribution in [3.8, 4) is 0 Å².